The van der Waals surface area contributed by atoms with Crippen molar-refractivity contribution in [2.24, 2.45) is 5.41 Å². The summed E-state index contributed by atoms with van der Waals surface area (Å²) in [4.78, 5) is 4.44. The third-order valence-electron chi connectivity index (χ3n) is 5.02. The first-order valence-electron chi connectivity index (χ1n) is 7.55. The Bertz CT molecular complexity index is 416. The molecule has 3 heteroatoms. The summed E-state index contributed by atoms with van der Waals surface area (Å²) in [7, 11) is 0. The normalized spacial score (nSPS) is 29.6. The second kappa shape index (κ2) is 5.22. The van der Waals surface area contributed by atoms with E-state index in [1.165, 1.54) is 19.3 Å². The lowest BCUT2D eigenvalue weighted by Crippen LogP contribution is -2.67. The molecule has 1 spiro atoms. The van der Waals surface area contributed by atoms with Gasteiger partial charge in [0.1, 0.15) is 0 Å². The lowest BCUT2D eigenvalue weighted by Gasteiger charge is -2.61. The molecular weight excluding hydrogens is 236 g/mol. The van der Waals surface area contributed by atoms with Crippen LogP contribution in [0.3, 0.4) is 0 Å². The summed E-state index contributed by atoms with van der Waals surface area (Å²) in [6.45, 7) is 5.15. The quantitative estimate of drug-likeness (QED) is 0.883. The molecule has 3 rings (SSSR count). The van der Waals surface area contributed by atoms with Crippen LogP contribution in [0.25, 0.3) is 0 Å². The van der Waals surface area contributed by atoms with Crippen LogP contribution in [0.4, 0.5) is 0 Å². The van der Waals surface area contributed by atoms with E-state index in [0.717, 1.165) is 18.7 Å². The van der Waals surface area contributed by atoms with Crippen molar-refractivity contribution in [3.63, 3.8) is 0 Å². The summed E-state index contributed by atoms with van der Waals surface area (Å²) in [6.07, 6.45) is 7.52. The smallest absolute Gasteiger partial charge is 0.0661 e. The number of pyridine rings is 1. The molecule has 1 N–H and O–H groups in total. The van der Waals surface area contributed by atoms with Crippen LogP contribution in [-0.4, -0.2) is 23.7 Å². The molecule has 0 saturated heterocycles. The molecule has 2 saturated carbocycles. The topological polar surface area (TPSA) is 34.1 Å². The average Bonchev–Trinajstić information content (AvgIpc) is 2.36. The molecule has 0 bridgehead atoms. The van der Waals surface area contributed by atoms with Gasteiger partial charge in [-0.3, -0.25) is 4.98 Å². The van der Waals surface area contributed by atoms with E-state index in [-0.39, 0.29) is 0 Å². The highest BCUT2D eigenvalue weighted by Crippen LogP contribution is 2.57. The summed E-state index contributed by atoms with van der Waals surface area (Å²) >= 11 is 0. The van der Waals surface area contributed by atoms with E-state index in [4.69, 9.17) is 4.74 Å². The van der Waals surface area contributed by atoms with Crippen molar-refractivity contribution in [1.29, 1.82) is 0 Å². The van der Waals surface area contributed by atoms with Gasteiger partial charge >= 0.3 is 0 Å². The number of hydrogen-bond donors (Lipinski definition) is 1. The number of nitrogens with zero attached hydrogens (tertiary/aromatic N) is 1. The van der Waals surface area contributed by atoms with Gasteiger partial charge in [-0.05, 0) is 45.2 Å². The van der Waals surface area contributed by atoms with Gasteiger partial charge < -0.3 is 10.1 Å². The van der Waals surface area contributed by atoms with Crippen molar-refractivity contribution < 1.29 is 4.74 Å². The molecular formula is C16H24N2O. The molecule has 1 aromatic rings. The fourth-order valence-corrected chi connectivity index (χ4v) is 3.69. The first-order valence-corrected chi connectivity index (χ1v) is 7.55. The number of hydrogen-bond acceptors (Lipinski definition) is 3. The predicted octanol–water partition coefficient (Wildman–Crippen LogP) is 3.08. The maximum atomic E-state index is 5.90. The average molecular weight is 260 g/mol. The highest BCUT2D eigenvalue weighted by molar-refractivity contribution is 5.15. The first kappa shape index (κ1) is 13.1. The number of rotatable bonds is 5. The van der Waals surface area contributed by atoms with Crippen LogP contribution in [0.2, 0.25) is 0 Å². The number of nitrogens with one attached hydrogen (secondary N) is 1. The Morgan fingerprint density at radius 2 is 2.32 bits per heavy atom. The Morgan fingerprint density at radius 3 is 2.89 bits per heavy atom. The molecule has 0 amide bonds. The van der Waals surface area contributed by atoms with Crippen molar-refractivity contribution in [2.75, 3.05) is 6.61 Å². The third-order valence-corrected chi connectivity index (χ3v) is 5.02. The lowest BCUT2D eigenvalue weighted by atomic mass is 9.51. The predicted molar refractivity (Wildman–Crippen MR) is 75.9 cm³/mol. The second-order valence-electron chi connectivity index (χ2n) is 5.96. The van der Waals surface area contributed by atoms with Crippen LogP contribution < -0.4 is 5.32 Å². The number of ether oxygens (including phenoxy) is 1. The minimum Gasteiger partial charge on any atom is -0.378 e. The second-order valence-corrected chi connectivity index (χ2v) is 5.96. The summed E-state index contributed by atoms with van der Waals surface area (Å²) in [6, 6.07) is 7.06. The Hall–Kier alpha value is -0.930. The maximum absolute atomic E-state index is 5.90. The zero-order valence-corrected chi connectivity index (χ0v) is 11.9. The van der Waals surface area contributed by atoms with Gasteiger partial charge in [0.15, 0.2) is 0 Å². The van der Waals surface area contributed by atoms with Crippen LogP contribution in [-0.2, 0) is 4.74 Å². The van der Waals surface area contributed by atoms with Crippen LogP contribution in [0.5, 0.6) is 0 Å². The Labute approximate surface area is 115 Å². The van der Waals surface area contributed by atoms with Gasteiger partial charge in [0.25, 0.3) is 0 Å². The molecule has 1 aromatic heterocycles. The molecule has 19 heavy (non-hydrogen) atoms. The fraction of sp³-hybridized carbons (Fsp3) is 0.688. The van der Waals surface area contributed by atoms with Crippen molar-refractivity contribution in [1.82, 2.24) is 10.3 Å². The van der Waals surface area contributed by atoms with Crippen molar-refractivity contribution in [3.05, 3.63) is 30.1 Å². The highest BCUT2D eigenvalue weighted by Gasteiger charge is 2.58. The molecule has 3 nitrogen and oxygen atoms in total. The van der Waals surface area contributed by atoms with Gasteiger partial charge in [-0.25, -0.2) is 0 Å². The third kappa shape index (κ3) is 2.19. The minimum atomic E-state index is 0.325. The molecule has 2 aliphatic carbocycles. The maximum Gasteiger partial charge on any atom is 0.0661 e. The molecule has 2 fully saturated rings. The molecule has 0 aliphatic heterocycles. The van der Waals surface area contributed by atoms with Gasteiger partial charge in [-0.15, -0.1) is 0 Å². The molecule has 0 aromatic carbocycles. The van der Waals surface area contributed by atoms with E-state index in [2.05, 4.69) is 36.3 Å². The van der Waals surface area contributed by atoms with E-state index < -0.39 is 0 Å². The highest BCUT2D eigenvalue weighted by atomic mass is 16.5. The molecule has 0 radical (unpaired) electrons. The van der Waals surface area contributed by atoms with E-state index in [1.807, 2.05) is 12.3 Å². The van der Waals surface area contributed by atoms with Gasteiger partial charge in [-0.1, -0.05) is 12.5 Å². The summed E-state index contributed by atoms with van der Waals surface area (Å²) < 4.78 is 5.90. The van der Waals surface area contributed by atoms with Crippen molar-refractivity contribution >= 4 is 0 Å². The molecule has 1 heterocycles. The first-order chi connectivity index (χ1) is 9.26. The van der Waals surface area contributed by atoms with Crippen LogP contribution in [0.1, 0.15) is 51.3 Å². The molecule has 3 atom stereocenters. The molecule has 2 aliphatic rings. The van der Waals surface area contributed by atoms with Crippen molar-refractivity contribution in [3.8, 4) is 0 Å². The van der Waals surface area contributed by atoms with Gasteiger partial charge in [-0.2, -0.15) is 0 Å². The standard InChI is InChI=1S/C16H24N2O/c1-3-19-15-11-14(16(15)8-6-9-16)18-12(2)13-7-4-5-10-17-13/h4-5,7,10,12,14-15,18H,3,6,8-9,11H2,1-2H3/t12-,14?,15?/m1/s1. The summed E-state index contributed by atoms with van der Waals surface area (Å²) in [5.74, 6) is 0. The largest absolute Gasteiger partial charge is 0.378 e. The van der Waals surface area contributed by atoms with Crippen LogP contribution in [0.15, 0.2) is 24.4 Å². The summed E-state index contributed by atoms with van der Waals surface area (Å²) in [5, 5.41) is 3.77. The van der Waals surface area contributed by atoms with Crippen LogP contribution >= 0.6 is 0 Å². The minimum absolute atomic E-state index is 0.325. The van der Waals surface area contributed by atoms with E-state index in [1.54, 1.807) is 0 Å². The SMILES string of the molecule is CCOC1CC(N[C@H](C)c2ccccn2)C12CCC2. The number of aromatic nitrogens is 1. The Morgan fingerprint density at radius 1 is 1.47 bits per heavy atom. The van der Waals surface area contributed by atoms with Gasteiger partial charge in [0.05, 0.1) is 11.8 Å². The Balaban J connectivity index is 1.62. The van der Waals surface area contributed by atoms with Crippen molar-refractivity contribution in [2.45, 2.75) is 57.7 Å². The fourth-order valence-electron chi connectivity index (χ4n) is 3.69. The monoisotopic (exact) mass is 260 g/mol. The van der Waals surface area contributed by atoms with E-state index in [0.29, 0.717) is 23.6 Å². The molecule has 2 unspecified atom stereocenters. The Kier molecular flexibility index (Phi) is 3.59. The van der Waals surface area contributed by atoms with E-state index in [9.17, 15) is 0 Å². The summed E-state index contributed by atoms with van der Waals surface area (Å²) in [5.41, 5.74) is 1.57. The van der Waals surface area contributed by atoms with E-state index >= 15 is 0 Å². The van der Waals surface area contributed by atoms with Gasteiger partial charge in [0.2, 0.25) is 0 Å². The molecule has 104 valence electrons. The lowest BCUT2D eigenvalue weighted by molar-refractivity contribution is -0.174. The van der Waals surface area contributed by atoms with Crippen LogP contribution in [0, 0.1) is 5.41 Å². The zero-order valence-electron chi connectivity index (χ0n) is 11.9. The van der Waals surface area contributed by atoms with Gasteiger partial charge in [0, 0.05) is 30.3 Å². The zero-order chi connectivity index (χ0) is 13.3.